The number of anilines is 1. The summed E-state index contributed by atoms with van der Waals surface area (Å²) in [5, 5.41) is 7.33. The normalized spacial score (nSPS) is 16.3. The second kappa shape index (κ2) is 6.38. The molecule has 0 amide bonds. The molecule has 0 unspecified atom stereocenters. The van der Waals surface area contributed by atoms with Crippen molar-refractivity contribution < 1.29 is 4.39 Å². The summed E-state index contributed by atoms with van der Waals surface area (Å²) in [7, 11) is 0. The van der Waals surface area contributed by atoms with Gasteiger partial charge in [0, 0.05) is 32.7 Å². The highest BCUT2D eigenvalue weighted by atomic mass is 79.9. The van der Waals surface area contributed by atoms with Gasteiger partial charge in [0.1, 0.15) is 5.82 Å². The van der Waals surface area contributed by atoms with Crippen molar-refractivity contribution in [2.24, 2.45) is 0 Å². The van der Waals surface area contributed by atoms with Gasteiger partial charge < -0.3 is 4.90 Å². The standard InChI is InChI=1S/C16H20BrFN4/c1-11-16(12(2)20-19-11)22-7-5-21(6-8-22)10-13-3-4-15(18)14(17)9-13/h3-4,9H,5-8,10H2,1-2H3,(H,19,20). The van der Waals surface area contributed by atoms with Crippen molar-refractivity contribution in [3.8, 4) is 0 Å². The number of aromatic nitrogens is 2. The number of aryl methyl sites for hydroxylation is 2. The monoisotopic (exact) mass is 366 g/mol. The fourth-order valence-electron chi connectivity index (χ4n) is 3.04. The minimum Gasteiger partial charge on any atom is -0.366 e. The summed E-state index contributed by atoms with van der Waals surface area (Å²) in [6.45, 7) is 8.94. The third-order valence-electron chi connectivity index (χ3n) is 4.17. The van der Waals surface area contributed by atoms with Crippen molar-refractivity contribution in [3.63, 3.8) is 0 Å². The molecule has 0 aliphatic carbocycles. The third-order valence-corrected chi connectivity index (χ3v) is 4.78. The summed E-state index contributed by atoms with van der Waals surface area (Å²) in [6.07, 6.45) is 0. The van der Waals surface area contributed by atoms with Gasteiger partial charge in [0.15, 0.2) is 0 Å². The fraction of sp³-hybridized carbons (Fsp3) is 0.438. The molecule has 4 nitrogen and oxygen atoms in total. The maximum absolute atomic E-state index is 13.3. The molecule has 0 atom stereocenters. The van der Waals surface area contributed by atoms with Crippen LogP contribution in [-0.4, -0.2) is 41.3 Å². The zero-order valence-corrected chi connectivity index (χ0v) is 14.5. The molecule has 2 aromatic rings. The van der Waals surface area contributed by atoms with E-state index in [0.717, 1.165) is 49.7 Å². The van der Waals surface area contributed by atoms with Crippen LogP contribution in [-0.2, 0) is 6.54 Å². The molecule has 22 heavy (non-hydrogen) atoms. The first-order valence-corrected chi connectivity index (χ1v) is 8.26. The second-order valence-electron chi connectivity index (χ2n) is 5.79. The highest BCUT2D eigenvalue weighted by Crippen LogP contribution is 2.24. The van der Waals surface area contributed by atoms with E-state index < -0.39 is 0 Å². The van der Waals surface area contributed by atoms with Gasteiger partial charge in [0.25, 0.3) is 0 Å². The first kappa shape index (κ1) is 15.5. The average Bonchev–Trinajstić information content (AvgIpc) is 2.83. The molecular weight excluding hydrogens is 347 g/mol. The molecule has 1 aromatic carbocycles. The molecule has 1 fully saturated rings. The van der Waals surface area contributed by atoms with Gasteiger partial charge in [0.05, 0.1) is 21.5 Å². The maximum atomic E-state index is 13.3. The van der Waals surface area contributed by atoms with E-state index in [1.807, 2.05) is 19.1 Å². The first-order chi connectivity index (χ1) is 10.5. The van der Waals surface area contributed by atoms with Crippen LogP contribution in [0.25, 0.3) is 0 Å². The highest BCUT2D eigenvalue weighted by molar-refractivity contribution is 9.10. The van der Waals surface area contributed by atoms with Crippen molar-refractivity contribution in [1.29, 1.82) is 0 Å². The summed E-state index contributed by atoms with van der Waals surface area (Å²) in [6, 6.07) is 5.25. The Bertz CT molecular complexity index is 643. The first-order valence-electron chi connectivity index (χ1n) is 7.47. The molecular formula is C16H20BrFN4. The largest absolute Gasteiger partial charge is 0.366 e. The van der Waals surface area contributed by atoms with E-state index >= 15 is 0 Å². The van der Waals surface area contributed by atoms with Gasteiger partial charge in [-0.3, -0.25) is 10.00 Å². The number of nitrogens with zero attached hydrogens (tertiary/aromatic N) is 3. The van der Waals surface area contributed by atoms with Crippen LogP contribution in [0.4, 0.5) is 10.1 Å². The Morgan fingerprint density at radius 3 is 2.55 bits per heavy atom. The summed E-state index contributed by atoms with van der Waals surface area (Å²) in [5.41, 5.74) is 4.57. The van der Waals surface area contributed by atoms with E-state index in [1.54, 1.807) is 0 Å². The molecule has 1 aromatic heterocycles. The maximum Gasteiger partial charge on any atom is 0.137 e. The van der Waals surface area contributed by atoms with Gasteiger partial charge in [-0.2, -0.15) is 5.10 Å². The number of benzene rings is 1. The van der Waals surface area contributed by atoms with Crippen molar-refractivity contribution in [2.45, 2.75) is 20.4 Å². The van der Waals surface area contributed by atoms with E-state index in [4.69, 9.17) is 0 Å². The molecule has 0 radical (unpaired) electrons. The predicted octanol–water partition coefficient (Wildman–Crippen LogP) is 3.25. The molecule has 118 valence electrons. The lowest BCUT2D eigenvalue weighted by molar-refractivity contribution is 0.249. The van der Waals surface area contributed by atoms with E-state index in [0.29, 0.717) is 4.47 Å². The van der Waals surface area contributed by atoms with Crippen LogP contribution >= 0.6 is 15.9 Å². The van der Waals surface area contributed by atoms with Crippen molar-refractivity contribution >= 4 is 21.6 Å². The lowest BCUT2D eigenvalue weighted by atomic mass is 10.2. The quantitative estimate of drug-likeness (QED) is 0.905. The number of hydrogen-bond acceptors (Lipinski definition) is 3. The zero-order chi connectivity index (χ0) is 15.7. The molecule has 1 saturated heterocycles. The van der Waals surface area contributed by atoms with Gasteiger partial charge in [-0.25, -0.2) is 4.39 Å². The van der Waals surface area contributed by atoms with Crippen molar-refractivity contribution in [2.75, 3.05) is 31.1 Å². The molecule has 1 N–H and O–H groups in total. The summed E-state index contributed by atoms with van der Waals surface area (Å²) < 4.78 is 13.8. The molecule has 1 aliphatic rings. The van der Waals surface area contributed by atoms with Crippen LogP contribution in [0.3, 0.4) is 0 Å². The topological polar surface area (TPSA) is 35.2 Å². The molecule has 2 heterocycles. The van der Waals surface area contributed by atoms with Gasteiger partial charge >= 0.3 is 0 Å². The van der Waals surface area contributed by atoms with Crippen LogP contribution in [0.5, 0.6) is 0 Å². The van der Waals surface area contributed by atoms with E-state index in [9.17, 15) is 4.39 Å². The van der Waals surface area contributed by atoms with Crippen LogP contribution in [0.2, 0.25) is 0 Å². The van der Waals surface area contributed by atoms with Gasteiger partial charge in [-0.15, -0.1) is 0 Å². The Morgan fingerprint density at radius 2 is 1.95 bits per heavy atom. The van der Waals surface area contributed by atoms with Crippen LogP contribution in [0, 0.1) is 19.7 Å². The van der Waals surface area contributed by atoms with Gasteiger partial charge in [-0.05, 0) is 47.5 Å². The minimum atomic E-state index is -0.209. The fourth-order valence-corrected chi connectivity index (χ4v) is 3.46. The van der Waals surface area contributed by atoms with E-state index in [2.05, 4.69) is 42.9 Å². The number of nitrogens with one attached hydrogen (secondary N) is 1. The Labute approximate surface area is 138 Å². The molecule has 6 heteroatoms. The Balaban J connectivity index is 1.61. The lowest BCUT2D eigenvalue weighted by Gasteiger charge is -2.36. The second-order valence-corrected chi connectivity index (χ2v) is 6.65. The Hall–Kier alpha value is -1.40. The molecule has 0 spiro atoms. The zero-order valence-electron chi connectivity index (χ0n) is 12.9. The van der Waals surface area contributed by atoms with Crippen LogP contribution in [0.1, 0.15) is 17.0 Å². The number of piperazine rings is 1. The molecule has 3 rings (SSSR count). The lowest BCUT2D eigenvalue weighted by Crippen LogP contribution is -2.46. The summed E-state index contributed by atoms with van der Waals surface area (Å²) in [4.78, 5) is 4.80. The predicted molar refractivity (Wildman–Crippen MR) is 89.7 cm³/mol. The third kappa shape index (κ3) is 3.17. The number of rotatable bonds is 3. The van der Waals surface area contributed by atoms with Crippen LogP contribution < -0.4 is 4.90 Å². The Kier molecular flexibility index (Phi) is 4.49. The smallest absolute Gasteiger partial charge is 0.137 e. The number of hydrogen-bond donors (Lipinski definition) is 1. The van der Waals surface area contributed by atoms with Gasteiger partial charge in [0.2, 0.25) is 0 Å². The minimum absolute atomic E-state index is 0.209. The van der Waals surface area contributed by atoms with Gasteiger partial charge in [-0.1, -0.05) is 6.07 Å². The van der Waals surface area contributed by atoms with Crippen LogP contribution in [0.15, 0.2) is 22.7 Å². The SMILES string of the molecule is Cc1n[nH]c(C)c1N1CCN(Cc2ccc(F)c(Br)c2)CC1. The van der Waals surface area contributed by atoms with Crippen molar-refractivity contribution in [3.05, 3.63) is 45.4 Å². The Morgan fingerprint density at radius 1 is 1.23 bits per heavy atom. The molecule has 1 aliphatic heterocycles. The number of aromatic amines is 1. The number of halogens is 2. The average molecular weight is 367 g/mol. The number of H-pyrrole nitrogens is 1. The van der Waals surface area contributed by atoms with E-state index in [1.165, 1.54) is 11.8 Å². The molecule has 0 bridgehead atoms. The van der Waals surface area contributed by atoms with E-state index in [-0.39, 0.29) is 5.82 Å². The highest BCUT2D eigenvalue weighted by Gasteiger charge is 2.21. The summed E-state index contributed by atoms with van der Waals surface area (Å²) >= 11 is 3.25. The molecule has 0 saturated carbocycles. The summed E-state index contributed by atoms with van der Waals surface area (Å²) in [5.74, 6) is -0.209. The van der Waals surface area contributed by atoms with Crippen molar-refractivity contribution in [1.82, 2.24) is 15.1 Å².